The Labute approximate surface area is 105 Å². The first-order valence-electron chi connectivity index (χ1n) is 5.70. The number of rotatable bonds is 3. The van der Waals surface area contributed by atoms with Gasteiger partial charge in [-0.25, -0.2) is 0 Å². The Bertz CT molecular complexity index is 450. The van der Waals surface area contributed by atoms with Crippen molar-refractivity contribution in [2.24, 2.45) is 0 Å². The monoisotopic (exact) mass is 250 g/mol. The zero-order chi connectivity index (χ0) is 13.1. The Kier molecular flexibility index (Phi) is 3.50. The number of carbonyl (C=O) groups excluding carboxylic acids is 2. The third kappa shape index (κ3) is 3.00. The molecule has 0 saturated carbocycles. The lowest BCUT2D eigenvalue weighted by Crippen LogP contribution is -2.26. The Balaban J connectivity index is 2.17. The molecule has 18 heavy (non-hydrogen) atoms. The van der Waals surface area contributed by atoms with Crippen LogP contribution in [0.5, 0.6) is 5.75 Å². The highest BCUT2D eigenvalue weighted by Crippen LogP contribution is 2.27. The van der Waals surface area contributed by atoms with Gasteiger partial charge in [0.25, 0.3) is 6.29 Å². The molecule has 1 aromatic carbocycles. The zero-order valence-electron chi connectivity index (χ0n) is 10.2. The van der Waals surface area contributed by atoms with Crippen LogP contribution in [0.1, 0.15) is 32.1 Å². The Morgan fingerprint density at radius 3 is 2.50 bits per heavy atom. The minimum Gasteiger partial charge on any atom is -0.491 e. The average molecular weight is 250 g/mol. The first-order valence-corrected chi connectivity index (χ1v) is 5.70. The lowest BCUT2D eigenvalue weighted by molar-refractivity contribution is -0.204. The van der Waals surface area contributed by atoms with Gasteiger partial charge in [-0.05, 0) is 26.0 Å². The molecular formula is C13H14O5. The van der Waals surface area contributed by atoms with E-state index in [1.54, 1.807) is 24.3 Å². The van der Waals surface area contributed by atoms with Gasteiger partial charge in [0.2, 0.25) is 0 Å². The second kappa shape index (κ2) is 5.08. The van der Waals surface area contributed by atoms with Gasteiger partial charge in [-0.2, -0.15) is 0 Å². The fourth-order valence-electron chi connectivity index (χ4n) is 1.61. The molecular weight excluding hydrogens is 236 g/mol. The number of carbonyl (C=O) groups is 2. The number of hydrogen-bond acceptors (Lipinski definition) is 5. The van der Waals surface area contributed by atoms with Gasteiger partial charge in [0.05, 0.1) is 6.10 Å². The molecule has 0 unspecified atom stereocenters. The van der Waals surface area contributed by atoms with Crippen LogP contribution in [0.2, 0.25) is 0 Å². The summed E-state index contributed by atoms with van der Waals surface area (Å²) >= 11 is 0. The molecule has 0 N–H and O–H groups in total. The van der Waals surface area contributed by atoms with E-state index in [2.05, 4.69) is 0 Å². The topological polar surface area (TPSA) is 61.8 Å². The van der Waals surface area contributed by atoms with Crippen molar-refractivity contribution < 1.29 is 23.8 Å². The lowest BCUT2D eigenvalue weighted by atomic mass is 10.2. The summed E-state index contributed by atoms with van der Waals surface area (Å²) in [5.74, 6) is -0.516. The molecule has 96 valence electrons. The zero-order valence-corrected chi connectivity index (χ0v) is 10.2. The highest BCUT2D eigenvalue weighted by Gasteiger charge is 2.29. The van der Waals surface area contributed by atoms with Crippen LogP contribution in [0, 0.1) is 0 Å². The number of benzene rings is 1. The van der Waals surface area contributed by atoms with Crippen LogP contribution in [-0.4, -0.2) is 18.0 Å². The molecule has 0 spiro atoms. The summed E-state index contributed by atoms with van der Waals surface area (Å²) in [4.78, 5) is 22.3. The van der Waals surface area contributed by atoms with Crippen LogP contribution in [0.25, 0.3) is 0 Å². The smallest absolute Gasteiger partial charge is 0.320 e. The third-order valence-corrected chi connectivity index (χ3v) is 2.27. The summed E-state index contributed by atoms with van der Waals surface area (Å²) < 4.78 is 15.4. The van der Waals surface area contributed by atoms with E-state index in [0.29, 0.717) is 11.3 Å². The Morgan fingerprint density at radius 1 is 1.22 bits per heavy atom. The maximum absolute atomic E-state index is 11.2. The number of esters is 2. The van der Waals surface area contributed by atoms with Crippen molar-refractivity contribution in [2.45, 2.75) is 32.7 Å². The second-order valence-electron chi connectivity index (χ2n) is 4.23. The highest BCUT2D eigenvalue weighted by atomic mass is 16.7. The average Bonchev–Trinajstić information content (AvgIpc) is 2.27. The molecule has 0 aliphatic carbocycles. The van der Waals surface area contributed by atoms with E-state index in [4.69, 9.17) is 14.2 Å². The molecule has 5 nitrogen and oxygen atoms in total. The van der Waals surface area contributed by atoms with Gasteiger partial charge in [-0.1, -0.05) is 12.1 Å². The Hall–Kier alpha value is -2.04. The molecule has 0 aromatic heterocycles. The summed E-state index contributed by atoms with van der Waals surface area (Å²) in [5, 5.41) is 0. The van der Waals surface area contributed by atoms with Crippen LogP contribution in [-0.2, 0) is 19.1 Å². The molecule has 0 amide bonds. The highest BCUT2D eigenvalue weighted by molar-refractivity contribution is 5.92. The molecule has 1 heterocycles. The molecule has 1 saturated heterocycles. The maximum atomic E-state index is 11.2. The van der Waals surface area contributed by atoms with Gasteiger partial charge in [-0.15, -0.1) is 0 Å². The molecule has 0 atom stereocenters. The van der Waals surface area contributed by atoms with E-state index < -0.39 is 18.2 Å². The van der Waals surface area contributed by atoms with Crippen LogP contribution in [0.15, 0.2) is 24.3 Å². The van der Waals surface area contributed by atoms with E-state index in [1.807, 2.05) is 13.8 Å². The second-order valence-corrected chi connectivity index (χ2v) is 4.23. The van der Waals surface area contributed by atoms with Gasteiger partial charge in [-0.3, -0.25) is 9.59 Å². The molecule has 5 heteroatoms. The number of hydrogen-bond donors (Lipinski definition) is 0. The fraction of sp³-hybridized carbons (Fsp3) is 0.385. The first-order chi connectivity index (χ1) is 8.54. The standard InChI is InChI=1S/C13H14O5/c1-8(2)16-10-5-3-4-9(6-10)13-17-11(14)7-12(15)18-13/h3-6,8,13H,7H2,1-2H3. The minimum absolute atomic E-state index is 0.0386. The minimum atomic E-state index is -0.977. The maximum Gasteiger partial charge on any atom is 0.320 e. The van der Waals surface area contributed by atoms with E-state index in [9.17, 15) is 9.59 Å². The first kappa shape index (κ1) is 12.4. The predicted octanol–water partition coefficient (Wildman–Crippen LogP) is 1.96. The van der Waals surface area contributed by atoms with Gasteiger partial charge >= 0.3 is 11.9 Å². The van der Waals surface area contributed by atoms with Crippen molar-refractivity contribution in [2.75, 3.05) is 0 Å². The molecule has 1 fully saturated rings. The van der Waals surface area contributed by atoms with Gasteiger partial charge in [0.1, 0.15) is 12.2 Å². The van der Waals surface area contributed by atoms with Crippen molar-refractivity contribution in [1.82, 2.24) is 0 Å². The third-order valence-electron chi connectivity index (χ3n) is 2.27. The predicted molar refractivity (Wildman–Crippen MR) is 61.7 cm³/mol. The summed E-state index contributed by atoms with van der Waals surface area (Å²) in [6.07, 6.45) is -1.27. The molecule has 0 bridgehead atoms. The van der Waals surface area contributed by atoms with Crippen molar-refractivity contribution in [3.63, 3.8) is 0 Å². The van der Waals surface area contributed by atoms with Crippen molar-refractivity contribution in [1.29, 1.82) is 0 Å². The van der Waals surface area contributed by atoms with Crippen LogP contribution >= 0.6 is 0 Å². The van der Waals surface area contributed by atoms with Crippen molar-refractivity contribution >= 4 is 11.9 Å². The van der Waals surface area contributed by atoms with E-state index in [0.717, 1.165) is 0 Å². The summed E-state index contributed by atoms with van der Waals surface area (Å²) in [5.41, 5.74) is 0.578. The summed E-state index contributed by atoms with van der Waals surface area (Å²) in [7, 11) is 0. The SMILES string of the molecule is CC(C)Oc1cccc(C2OC(=O)CC(=O)O2)c1. The molecule has 1 aromatic rings. The van der Waals surface area contributed by atoms with Gasteiger partial charge < -0.3 is 14.2 Å². The fourth-order valence-corrected chi connectivity index (χ4v) is 1.61. The number of cyclic esters (lactones) is 2. The normalized spacial score (nSPS) is 16.4. The van der Waals surface area contributed by atoms with Crippen LogP contribution in [0.3, 0.4) is 0 Å². The lowest BCUT2D eigenvalue weighted by Gasteiger charge is -2.22. The van der Waals surface area contributed by atoms with Crippen LogP contribution < -0.4 is 4.74 Å². The summed E-state index contributed by atoms with van der Waals surface area (Å²) in [6.45, 7) is 3.82. The Morgan fingerprint density at radius 2 is 1.89 bits per heavy atom. The van der Waals surface area contributed by atoms with Crippen LogP contribution in [0.4, 0.5) is 0 Å². The molecule has 1 aliphatic rings. The van der Waals surface area contributed by atoms with E-state index >= 15 is 0 Å². The molecule has 2 rings (SSSR count). The molecule has 0 radical (unpaired) electrons. The van der Waals surface area contributed by atoms with Crippen molar-refractivity contribution in [3.05, 3.63) is 29.8 Å². The quantitative estimate of drug-likeness (QED) is 0.606. The van der Waals surface area contributed by atoms with Gasteiger partial charge in [0.15, 0.2) is 0 Å². The number of ether oxygens (including phenoxy) is 3. The van der Waals surface area contributed by atoms with Gasteiger partial charge in [0, 0.05) is 5.56 Å². The summed E-state index contributed by atoms with van der Waals surface area (Å²) in [6, 6.07) is 6.94. The molecule has 1 aliphatic heterocycles. The van der Waals surface area contributed by atoms with E-state index in [1.165, 1.54) is 0 Å². The van der Waals surface area contributed by atoms with E-state index in [-0.39, 0.29) is 12.5 Å². The van der Waals surface area contributed by atoms with Crippen molar-refractivity contribution in [3.8, 4) is 5.75 Å². The largest absolute Gasteiger partial charge is 0.491 e.